The molecule has 6 nitrogen and oxygen atoms in total. The molecule has 0 radical (unpaired) electrons. The number of aromatic nitrogens is 5. The first-order chi connectivity index (χ1) is 9.52. The standard InChI is InChI=1S/C14H24N6/c1-6-20-12(4)14(11(3)17-20)10(2)15-8-7-13-16-9-19(5)18-13/h9-10,15H,6-8H2,1-5H3. The molecule has 0 aliphatic carbocycles. The topological polar surface area (TPSA) is 60.6 Å². The van der Waals surface area contributed by atoms with E-state index in [9.17, 15) is 0 Å². The Balaban J connectivity index is 1.95. The number of hydrogen-bond acceptors (Lipinski definition) is 4. The molecule has 6 heteroatoms. The number of aryl methyl sites for hydroxylation is 3. The number of nitrogens with zero attached hydrogens (tertiary/aromatic N) is 5. The third-order valence-electron chi connectivity index (χ3n) is 3.62. The zero-order valence-corrected chi connectivity index (χ0v) is 13.0. The maximum atomic E-state index is 4.57. The summed E-state index contributed by atoms with van der Waals surface area (Å²) in [6.07, 6.45) is 2.57. The second kappa shape index (κ2) is 6.17. The molecular weight excluding hydrogens is 252 g/mol. The Morgan fingerprint density at radius 3 is 2.60 bits per heavy atom. The van der Waals surface area contributed by atoms with Crippen molar-refractivity contribution in [3.05, 3.63) is 29.1 Å². The third kappa shape index (κ3) is 3.07. The first kappa shape index (κ1) is 14.7. The summed E-state index contributed by atoms with van der Waals surface area (Å²) in [7, 11) is 1.89. The van der Waals surface area contributed by atoms with Crippen molar-refractivity contribution in [1.82, 2.24) is 29.9 Å². The molecule has 0 aliphatic rings. The van der Waals surface area contributed by atoms with Gasteiger partial charge in [0.15, 0.2) is 5.82 Å². The Labute approximate surface area is 120 Å². The molecular formula is C14H24N6. The zero-order valence-electron chi connectivity index (χ0n) is 13.0. The van der Waals surface area contributed by atoms with Gasteiger partial charge in [0.2, 0.25) is 0 Å². The molecule has 2 rings (SSSR count). The van der Waals surface area contributed by atoms with Gasteiger partial charge in [0.25, 0.3) is 0 Å². The minimum atomic E-state index is 0.291. The van der Waals surface area contributed by atoms with E-state index in [0.717, 1.165) is 31.0 Å². The average Bonchev–Trinajstić information content (AvgIpc) is 2.93. The predicted octanol–water partition coefficient (Wildman–Crippen LogP) is 1.54. The van der Waals surface area contributed by atoms with E-state index in [0.29, 0.717) is 6.04 Å². The minimum absolute atomic E-state index is 0.291. The summed E-state index contributed by atoms with van der Waals surface area (Å²) in [5.74, 6) is 0.880. The van der Waals surface area contributed by atoms with Gasteiger partial charge in [-0.1, -0.05) is 0 Å². The smallest absolute Gasteiger partial charge is 0.151 e. The second-order valence-electron chi connectivity index (χ2n) is 5.16. The van der Waals surface area contributed by atoms with Crippen molar-refractivity contribution in [1.29, 1.82) is 0 Å². The molecule has 2 aromatic rings. The van der Waals surface area contributed by atoms with Crippen molar-refractivity contribution in [3.63, 3.8) is 0 Å². The van der Waals surface area contributed by atoms with Crippen molar-refractivity contribution in [3.8, 4) is 0 Å². The van der Waals surface area contributed by atoms with Gasteiger partial charge in [0.05, 0.1) is 5.69 Å². The summed E-state index contributed by atoms with van der Waals surface area (Å²) in [4.78, 5) is 4.23. The predicted molar refractivity (Wildman–Crippen MR) is 78.5 cm³/mol. The fourth-order valence-electron chi connectivity index (χ4n) is 2.65. The SMILES string of the molecule is CCn1nc(C)c(C(C)NCCc2ncn(C)n2)c1C. The Bertz CT molecular complexity index is 568. The van der Waals surface area contributed by atoms with Gasteiger partial charge in [0, 0.05) is 43.9 Å². The lowest BCUT2D eigenvalue weighted by atomic mass is 10.1. The van der Waals surface area contributed by atoms with E-state index in [1.54, 1.807) is 11.0 Å². The van der Waals surface area contributed by atoms with Crippen LogP contribution in [0.3, 0.4) is 0 Å². The molecule has 0 fully saturated rings. The Morgan fingerprint density at radius 2 is 2.05 bits per heavy atom. The number of hydrogen-bond donors (Lipinski definition) is 1. The van der Waals surface area contributed by atoms with Crippen molar-refractivity contribution >= 4 is 0 Å². The molecule has 0 spiro atoms. The Kier molecular flexibility index (Phi) is 4.54. The fraction of sp³-hybridized carbons (Fsp3) is 0.643. The van der Waals surface area contributed by atoms with Crippen LogP contribution in [0.1, 0.15) is 42.7 Å². The van der Waals surface area contributed by atoms with Crippen molar-refractivity contribution in [2.45, 2.75) is 46.7 Å². The summed E-state index contributed by atoms with van der Waals surface area (Å²) in [5.41, 5.74) is 3.67. The molecule has 1 unspecified atom stereocenters. The Hall–Kier alpha value is -1.69. The highest BCUT2D eigenvalue weighted by Gasteiger charge is 2.16. The third-order valence-corrected chi connectivity index (χ3v) is 3.62. The summed E-state index contributed by atoms with van der Waals surface area (Å²) in [5, 5.41) is 12.4. The normalized spacial score (nSPS) is 12.8. The van der Waals surface area contributed by atoms with Crippen molar-refractivity contribution < 1.29 is 0 Å². The van der Waals surface area contributed by atoms with E-state index in [2.05, 4.69) is 52.9 Å². The van der Waals surface area contributed by atoms with E-state index < -0.39 is 0 Å². The lowest BCUT2D eigenvalue weighted by Crippen LogP contribution is -2.22. The zero-order chi connectivity index (χ0) is 14.7. The quantitative estimate of drug-likeness (QED) is 0.869. The van der Waals surface area contributed by atoms with Crippen LogP contribution in [0.25, 0.3) is 0 Å². The van der Waals surface area contributed by atoms with E-state index >= 15 is 0 Å². The van der Waals surface area contributed by atoms with E-state index in [1.807, 2.05) is 7.05 Å². The van der Waals surface area contributed by atoms with Gasteiger partial charge in [-0.2, -0.15) is 10.2 Å². The van der Waals surface area contributed by atoms with E-state index in [-0.39, 0.29) is 0 Å². The van der Waals surface area contributed by atoms with Gasteiger partial charge in [-0.15, -0.1) is 0 Å². The summed E-state index contributed by atoms with van der Waals surface area (Å²) >= 11 is 0. The van der Waals surface area contributed by atoms with Crippen molar-refractivity contribution in [2.75, 3.05) is 6.54 Å². The average molecular weight is 276 g/mol. The maximum Gasteiger partial charge on any atom is 0.151 e. The second-order valence-corrected chi connectivity index (χ2v) is 5.16. The van der Waals surface area contributed by atoms with Crippen LogP contribution in [0.2, 0.25) is 0 Å². The monoisotopic (exact) mass is 276 g/mol. The molecule has 2 aromatic heterocycles. The minimum Gasteiger partial charge on any atom is -0.310 e. The van der Waals surface area contributed by atoms with Gasteiger partial charge in [-0.25, -0.2) is 4.98 Å². The van der Waals surface area contributed by atoms with Crippen LogP contribution in [0, 0.1) is 13.8 Å². The van der Waals surface area contributed by atoms with Crippen LogP contribution in [0.4, 0.5) is 0 Å². The summed E-state index contributed by atoms with van der Waals surface area (Å²) in [6.45, 7) is 10.3. The molecule has 0 aliphatic heterocycles. The van der Waals surface area contributed by atoms with Gasteiger partial charge >= 0.3 is 0 Å². The molecule has 2 heterocycles. The highest BCUT2D eigenvalue weighted by Crippen LogP contribution is 2.21. The maximum absolute atomic E-state index is 4.57. The largest absolute Gasteiger partial charge is 0.310 e. The van der Waals surface area contributed by atoms with Gasteiger partial charge < -0.3 is 5.32 Å². The first-order valence-corrected chi connectivity index (χ1v) is 7.14. The molecule has 20 heavy (non-hydrogen) atoms. The van der Waals surface area contributed by atoms with Crippen LogP contribution in [0.15, 0.2) is 6.33 Å². The van der Waals surface area contributed by atoms with E-state index in [1.165, 1.54) is 11.3 Å². The number of rotatable bonds is 6. The van der Waals surface area contributed by atoms with Crippen LogP contribution < -0.4 is 5.32 Å². The molecule has 0 aromatic carbocycles. The van der Waals surface area contributed by atoms with Crippen LogP contribution in [0.5, 0.6) is 0 Å². The van der Waals surface area contributed by atoms with Gasteiger partial charge in [0.1, 0.15) is 6.33 Å². The number of nitrogens with one attached hydrogen (secondary N) is 1. The van der Waals surface area contributed by atoms with Crippen LogP contribution >= 0.6 is 0 Å². The Morgan fingerprint density at radius 1 is 1.30 bits per heavy atom. The molecule has 0 saturated carbocycles. The lowest BCUT2D eigenvalue weighted by Gasteiger charge is -2.14. The first-order valence-electron chi connectivity index (χ1n) is 7.14. The molecule has 0 saturated heterocycles. The molecule has 0 bridgehead atoms. The van der Waals surface area contributed by atoms with Crippen LogP contribution in [-0.2, 0) is 20.0 Å². The fourth-order valence-corrected chi connectivity index (χ4v) is 2.65. The summed E-state index contributed by atoms with van der Waals surface area (Å²) < 4.78 is 3.79. The molecule has 110 valence electrons. The summed E-state index contributed by atoms with van der Waals surface area (Å²) in [6, 6.07) is 0.291. The highest BCUT2D eigenvalue weighted by atomic mass is 15.3. The molecule has 1 atom stereocenters. The van der Waals surface area contributed by atoms with Crippen molar-refractivity contribution in [2.24, 2.45) is 7.05 Å². The van der Waals surface area contributed by atoms with Gasteiger partial charge in [-0.3, -0.25) is 9.36 Å². The lowest BCUT2D eigenvalue weighted by molar-refractivity contribution is 0.561. The van der Waals surface area contributed by atoms with Gasteiger partial charge in [-0.05, 0) is 27.7 Å². The highest BCUT2D eigenvalue weighted by molar-refractivity contribution is 5.27. The van der Waals surface area contributed by atoms with E-state index in [4.69, 9.17) is 0 Å². The van der Waals surface area contributed by atoms with Crippen LogP contribution in [-0.4, -0.2) is 31.1 Å². The molecule has 1 N–H and O–H groups in total. The molecule has 0 amide bonds.